The first kappa shape index (κ1) is 16.7. The monoisotopic (exact) mass is 257 g/mol. The highest BCUT2D eigenvalue weighted by atomic mass is 19.4. The second-order valence-corrected chi connectivity index (χ2v) is 5.13. The summed E-state index contributed by atoms with van der Waals surface area (Å²) in [6.45, 7) is 6.37. The molecule has 0 saturated carbocycles. The van der Waals surface area contributed by atoms with Crippen molar-refractivity contribution in [3.05, 3.63) is 0 Å². The van der Waals surface area contributed by atoms with Crippen LogP contribution in [0.5, 0.6) is 0 Å². The van der Waals surface area contributed by atoms with Crippen molar-refractivity contribution in [3.8, 4) is 0 Å². The van der Waals surface area contributed by atoms with E-state index in [1.807, 2.05) is 13.8 Å². The molecule has 3 nitrogen and oxygen atoms in total. The molecule has 0 aliphatic heterocycles. The molecule has 0 amide bonds. The number of ether oxygens (including phenoxy) is 1. The van der Waals surface area contributed by atoms with Gasteiger partial charge in [-0.2, -0.15) is 13.2 Å². The molecule has 0 heterocycles. The molecule has 0 atom stereocenters. The summed E-state index contributed by atoms with van der Waals surface area (Å²) in [6, 6.07) is 0. The van der Waals surface area contributed by atoms with E-state index in [-0.39, 0.29) is 6.61 Å². The molecule has 0 aliphatic carbocycles. The van der Waals surface area contributed by atoms with Crippen LogP contribution in [0, 0.1) is 0 Å². The highest BCUT2D eigenvalue weighted by molar-refractivity contribution is 4.93. The number of hydrogen-bond acceptors (Lipinski definition) is 3. The second-order valence-electron chi connectivity index (χ2n) is 5.13. The average molecular weight is 257 g/mol. The third-order valence-electron chi connectivity index (χ3n) is 2.83. The van der Waals surface area contributed by atoms with E-state index in [2.05, 4.69) is 10.1 Å². The van der Waals surface area contributed by atoms with Crippen LogP contribution >= 0.6 is 0 Å². The first-order valence-corrected chi connectivity index (χ1v) is 5.58. The minimum absolute atomic E-state index is 0.0500. The van der Waals surface area contributed by atoms with Crippen LogP contribution < -0.4 is 5.32 Å². The van der Waals surface area contributed by atoms with Gasteiger partial charge in [0.25, 0.3) is 0 Å². The van der Waals surface area contributed by atoms with E-state index >= 15 is 0 Å². The molecular formula is C11H22F3NO2. The van der Waals surface area contributed by atoms with Crippen LogP contribution in [0.1, 0.15) is 34.1 Å². The lowest BCUT2D eigenvalue weighted by Crippen LogP contribution is -2.56. The number of halogens is 3. The summed E-state index contributed by atoms with van der Waals surface area (Å²) in [5, 5.41) is 12.9. The third-order valence-corrected chi connectivity index (χ3v) is 2.83. The van der Waals surface area contributed by atoms with Gasteiger partial charge in [0.15, 0.2) is 0 Å². The number of rotatable bonds is 7. The molecule has 0 unspecified atom stereocenters. The Hall–Kier alpha value is -0.330. The van der Waals surface area contributed by atoms with Crippen LogP contribution in [0.3, 0.4) is 0 Å². The van der Waals surface area contributed by atoms with E-state index in [0.717, 1.165) is 0 Å². The smallest absolute Gasteiger partial charge is 0.389 e. The van der Waals surface area contributed by atoms with Crippen molar-refractivity contribution in [2.24, 2.45) is 0 Å². The molecule has 0 bridgehead atoms. The Bertz CT molecular complexity index is 222. The summed E-state index contributed by atoms with van der Waals surface area (Å²) in [7, 11) is 0. The Morgan fingerprint density at radius 3 is 2.06 bits per heavy atom. The van der Waals surface area contributed by atoms with E-state index in [4.69, 9.17) is 0 Å². The number of alkyl halides is 3. The lowest BCUT2D eigenvalue weighted by molar-refractivity contribution is -0.174. The second kappa shape index (κ2) is 6.02. The molecule has 0 aliphatic rings. The summed E-state index contributed by atoms with van der Waals surface area (Å²) in [6.07, 6.45) is -3.80. The van der Waals surface area contributed by atoms with Gasteiger partial charge in [0.2, 0.25) is 0 Å². The maximum Gasteiger partial charge on any atom is 0.411 e. The molecular weight excluding hydrogens is 235 g/mol. The summed E-state index contributed by atoms with van der Waals surface area (Å²) >= 11 is 0. The van der Waals surface area contributed by atoms with Crippen molar-refractivity contribution in [1.82, 2.24) is 5.32 Å². The maximum absolute atomic E-state index is 11.7. The van der Waals surface area contributed by atoms with Crippen molar-refractivity contribution in [2.75, 3.05) is 19.8 Å². The fourth-order valence-electron chi connectivity index (χ4n) is 0.979. The van der Waals surface area contributed by atoms with Gasteiger partial charge in [0.05, 0.1) is 5.60 Å². The van der Waals surface area contributed by atoms with E-state index in [0.29, 0.717) is 13.0 Å². The van der Waals surface area contributed by atoms with Gasteiger partial charge in [-0.3, -0.25) is 0 Å². The molecule has 0 fully saturated rings. The van der Waals surface area contributed by atoms with E-state index < -0.39 is 23.9 Å². The van der Waals surface area contributed by atoms with Crippen LogP contribution in [0.4, 0.5) is 13.2 Å². The highest BCUT2D eigenvalue weighted by Gasteiger charge is 2.34. The minimum Gasteiger partial charge on any atom is -0.389 e. The van der Waals surface area contributed by atoms with Gasteiger partial charge in [0.1, 0.15) is 6.61 Å². The van der Waals surface area contributed by atoms with Gasteiger partial charge in [-0.15, -0.1) is 0 Å². The summed E-state index contributed by atoms with van der Waals surface area (Å²) in [4.78, 5) is 0. The Labute approximate surface area is 100 Å². The molecule has 104 valence electrons. The van der Waals surface area contributed by atoms with Crippen LogP contribution in [0.2, 0.25) is 0 Å². The van der Waals surface area contributed by atoms with Crippen molar-refractivity contribution < 1.29 is 23.0 Å². The fourth-order valence-corrected chi connectivity index (χ4v) is 0.979. The molecule has 0 rings (SSSR count). The first-order valence-electron chi connectivity index (χ1n) is 5.58. The van der Waals surface area contributed by atoms with E-state index in [1.165, 1.54) is 0 Å². The maximum atomic E-state index is 11.7. The molecule has 0 radical (unpaired) electrons. The van der Waals surface area contributed by atoms with Crippen LogP contribution in [0.25, 0.3) is 0 Å². The average Bonchev–Trinajstić information content (AvgIpc) is 2.07. The Balaban J connectivity index is 3.66. The normalized spacial score (nSPS) is 14.1. The third kappa shape index (κ3) is 7.57. The SMILES string of the molecule is CC(C)(O)C(C)(C)NCCCOCC(F)(F)F. The predicted octanol–water partition coefficient (Wildman–Crippen LogP) is 2.09. The largest absolute Gasteiger partial charge is 0.411 e. The number of nitrogens with one attached hydrogen (secondary N) is 1. The lowest BCUT2D eigenvalue weighted by Gasteiger charge is -2.38. The van der Waals surface area contributed by atoms with Gasteiger partial charge < -0.3 is 15.2 Å². The van der Waals surface area contributed by atoms with Gasteiger partial charge in [-0.1, -0.05) is 0 Å². The summed E-state index contributed by atoms with van der Waals surface area (Å²) in [5.74, 6) is 0. The molecule has 0 spiro atoms. The Morgan fingerprint density at radius 2 is 1.65 bits per heavy atom. The molecule has 17 heavy (non-hydrogen) atoms. The molecule has 2 N–H and O–H groups in total. The van der Waals surface area contributed by atoms with Gasteiger partial charge in [0, 0.05) is 12.1 Å². The molecule has 0 saturated heterocycles. The van der Waals surface area contributed by atoms with Crippen LogP contribution in [-0.2, 0) is 4.74 Å². The zero-order chi connectivity index (χ0) is 13.7. The van der Waals surface area contributed by atoms with Gasteiger partial charge in [-0.05, 0) is 40.7 Å². The van der Waals surface area contributed by atoms with Crippen LogP contribution in [0.15, 0.2) is 0 Å². The molecule has 0 aromatic heterocycles. The van der Waals surface area contributed by atoms with E-state index in [9.17, 15) is 18.3 Å². The van der Waals surface area contributed by atoms with Gasteiger partial charge >= 0.3 is 6.18 Å². The Morgan fingerprint density at radius 1 is 1.12 bits per heavy atom. The fraction of sp³-hybridized carbons (Fsp3) is 1.00. The number of aliphatic hydroxyl groups is 1. The quantitative estimate of drug-likeness (QED) is 0.686. The lowest BCUT2D eigenvalue weighted by atomic mass is 9.86. The van der Waals surface area contributed by atoms with Crippen LogP contribution in [-0.4, -0.2) is 42.2 Å². The van der Waals surface area contributed by atoms with E-state index in [1.54, 1.807) is 13.8 Å². The van der Waals surface area contributed by atoms with Gasteiger partial charge in [-0.25, -0.2) is 0 Å². The van der Waals surface area contributed by atoms with Crippen molar-refractivity contribution in [3.63, 3.8) is 0 Å². The summed E-state index contributed by atoms with van der Waals surface area (Å²) < 4.78 is 39.7. The topological polar surface area (TPSA) is 41.5 Å². The molecule has 0 aromatic rings. The predicted molar refractivity (Wildman–Crippen MR) is 59.9 cm³/mol. The minimum atomic E-state index is -4.26. The first-order chi connectivity index (χ1) is 7.46. The standard InChI is InChI=1S/C11H22F3NO2/c1-9(2,10(3,4)16)15-6-5-7-17-8-11(12,13)14/h15-16H,5-8H2,1-4H3. The number of hydrogen-bond donors (Lipinski definition) is 2. The molecule has 0 aromatic carbocycles. The Kier molecular flexibility index (Phi) is 5.90. The summed E-state index contributed by atoms with van der Waals surface area (Å²) in [5.41, 5.74) is -1.41. The zero-order valence-electron chi connectivity index (χ0n) is 10.8. The van der Waals surface area contributed by atoms with Crippen molar-refractivity contribution in [1.29, 1.82) is 0 Å². The zero-order valence-corrected chi connectivity index (χ0v) is 10.8. The van der Waals surface area contributed by atoms with Crippen molar-refractivity contribution >= 4 is 0 Å². The molecule has 6 heteroatoms. The van der Waals surface area contributed by atoms with Crippen molar-refractivity contribution in [2.45, 2.75) is 51.4 Å². The highest BCUT2D eigenvalue weighted by Crippen LogP contribution is 2.20.